The maximum atomic E-state index is 12.9. The Morgan fingerprint density at radius 3 is 2.39 bits per heavy atom. The van der Waals surface area contributed by atoms with Crippen molar-refractivity contribution in [2.45, 2.75) is 39.1 Å². The van der Waals surface area contributed by atoms with Gasteiger partial charge >= 0.3 is 0 Å². The summed E-state index contributed by atoms with van der Waals surface area (Å²) >= 11 is 1.51. The molecule has 0 bridgehead atoms. The van der Waals surface area contributed by atoms with E-state index in [1.54, 1.807) is 12.1 Å². The van der Waals surface area contributed by atoms with E-state index in [1.807, 2.05) is 52.0 Å². The van der Waals surface area contributed by atoms with Crippen LogP contribution >= 0.6 is 11.3 Å². The Morgan fingerprint density at radius 1 is 1.04 bits per heavy atom. The predicted molar refractivity (Wildman–Crippen MR) is 114 cm³/mol. The highest BCUT2D eigenvalue weighted by Crippen LogP contribution is 2.31. The number of ether oxygens (including phenoxy) is 1. The molecule has 2 aromatic carbocycles. The second-order valence-corrected chi connectivity index (χ2v) is 9.57. The van der Waals surface area contributed by atoms with Gasteiger partial charge in [-0.3, -0.25) is 0 Å². The number of hydrogen-bond acceptors (Lipinski definition) is 5. The molecule has 0 saturated carbocycles. The second kappa shape index (κ2) is 8.03. The molecule has 0 aliphatic carbocycles. The molecular formula is C21H24N2O3S2. The molecule has 1 heterocycles. The van der Waals surface area contributed by atoms with Crippen molar-refractivity contribution in [3.05, 3.63) is 63.7 Å². The van der Waals surface area contributed by atoms with Gasteiger partial charge in [0.2, 0.25) is 10.0 Å². The summed E-state index contributed by atoms with van der Waals surface area (Å²) in [5, 5.41) is 0.897. The first kappa shape index (κ1) is 20.5. The summed E-state index contributed by atoms with van der Waals surface area (Å²) in [5.74, 6) is 0.345. The van der Waals surface area contributed by atoms with Gasteiger partial charge in [-0.15, -0.1) is 11.3 Å². The van der Waals surface area contributed by atoms with E-state index in [2.05, 4.69) is 9.71 Å². The molecule has 0 saturated heterocycles. The van der Waals surface area contributed by atoms with E-state index in [-0.39, 0.29) is 11.4 Å². The molecule has 1 aromatic heterocycles. The highest BCUT2D eigenvalue weighted by atomic mass is 32.2. The summed E-state index contributed by atoms with van der Waals surface area (Å²) in [4.78, 5) is 5.68. The van der Waals surface area contributed by atoms with Crippen molar-refractivity contribution in [3.63, 3.8) is 0 Å². The molecule has 148 valence electrons. The first-order valence-corrected chi connectivity index (χ1v) is 11.2. The summed E-state index contributed by atoms with van der Waals surface area (Å²) in [6.45, 7) is 7.94. The highest BCUT2D eigenvalue weighted by molar-refractivity contribution is 7.89. The van der Waals surface area contributed by atoms with Crippen LogP contribution in [0, 0.1) is 27.7 Å². The number of aryl methyl sites for hydroxylation is 4. The Labute approximate surface area is 170 Å². The van der Waals surface area contributed by atoms with E-state index >= 15 is 0 Å². The molecule has 7 heteroatoms. The number of thiazole rings is 1. The molecule has 0 unspecified atom stereocenters. The number of aromatic nitrogens is 1. The van der Waals surface area contributed by atoms with Crippen LogP contribution in [-0.2, 0) is 16.6 Å². The number of rotatable bonds is 6. The van der Waals surface area contributed by atoms with Gasteiger partial charge in [0.1, 0.15) is 15.7 Å². The van der Waals surface area contributed by atoms with Crippen LogP contribution in [0.5, 0.6) is 5.75 Å². The normalized spacial score (nSPS) is 11.6. The fourth-order valence-electron chi connectivity index (χ4n) is 2.89. The van der Waals surface area contributed by atoms with Crippen LogP contribution in [-0.4, -0.2) is 20.5 Å². The number of nitrogens with zero attached hydrogens (tertiary/aromatic N) is 1. The van der Waals surface area contributed by atoms with Crippen LogP contribution in [0.4, 0.5) is 0 Å². The number of hydrogen-bond donors (Lipinski definition) is 1. The fourth-order valence-corrected chi connectivity index (χ4v) is 5.30. The van der Waals surface area contributed by atoms with Crippen LogP contribution in [0.1, 0.15) is 27.3 Å². The van der Waals surface area contributed by atoms with Gasteiger partial charge < -0.3 is 4.74 Å². The lowest BCUT2D eigenvalue weighted by molar-refractivity contribution is 0.402. The molecule has 5 nitrogen and oxygen atoms in total. The van der Waals surface area contributed by atoms with Gasteiger partial charge in [0, 0.05) is 17.0 Å². The summed E-state index contributed by atoms with van der Waals surface area (Å²) in [5.41, 5.74) is 4.93. The van der Waals surface area contributed by atoms with Crippen LogP contribution in [0.3, 0.4) is 0 Å². The van der Waals surface area contributed by atoms with Gasteiger partial charge in [-0.25, -0.2) is 18.1 Å². The minimum Gasteiger partial charge on any atom is -0.495 e. The van der Waals surface area contributed by atoms with Crippen LogP contribution in [0.25, 0.3) is 10.6 Å². The van der Waals surface area contributed by atoms with Gasteiger partial charge in [-0.05, 0) is 56.5 Å². The second-order valence-electron chi connectivity index (χ2n) is 6.75. The van der Waals surface area contributed by atoms with Gasteiger partial charge in [0.15, 0.2) is 0 Å². The largest absolute Gasteiger partial charge is 0.495 e. The van der Waals surface area contributed by atoms with Gasteiger partial charge in [-0.2, -0.15) is 0 Å². The summed E-state index contributed by atoms with van der Waals surface area (Å²) < 4.78 is 33.8. The number of sulfonamides is 1. The molecule has 1 N–H and O–H groups in total. The van der Waals surface area contributed by atoms with Crippen molar-refractivity contribution >= 4 is 21.4 Å². The molecule has 0 atom stereocenters. The van der Waals surface area contributed by atoms with Crippen molar-refractivity contribution in [3.8, 4) is 16.3 Å². The number of benzene rings is 2. The van der Waals surface area contributed by atoms with E-state index in [9.17, 15) is 8.42 Å². The smallest absolute Gasteiger partial charge is 0.244 e. The Hall–Kier alpha value is -2.22. The quantitative estimate of drug-likeness (QED) is 0.641. The topological polar surface area (TPSA) is 68.3 Å². The molecule has 0 spiro atoms. The summed E-state index contributed by atoms with van der Waals surface area (Å²) in [7, 11) is -2.24. The third kappa shape index (κ3) is 4.11. The average Bonchev–Trinajstić information content (AvgIpc) is 3.02. The summed E-state index contributed by atoms with van der Waals surface area (Å²) in [6.07, 6.45) is 0. The zero-order valence-corrected chi connectivity index (χ0v) is 18.3. The molecule has 0 amide bonds. The Kier molecular flexibility index (Phi) is 5.88. The number of nitrogens with one attached hydrogen (secondary N) is 1. The van der Waals surface area contributed by atoms with Crippen molar-refractivity contribution in [2.24, 2.45) is 0 Å². The zero-order valence-electron chi connectivity index (χ0n) is 16.7. The maximum absolute atomic E-state index is 12.9. The van der Waals surface area contributed by atoms with E-state index in [0.29, 0.717) is 5.75 Å². The molecule has 0 fully saturated rings. The minimum atomic E-state index is -3.72. The molecule has 0 radical (unpaired) electrons. The standard InChI is InChI=1S/C21H24N2O3S2/c1-13-8-6-7-9-17(13)21-23-16(4)19(27-21)12-22-28(24,25)20-11-15(3)14(2)10-18(20)26-5/h6-11,22H,12H2,1-5H3. The molecular weight excluding hydrogens is 392 g/mol. The average molecular weight is 417 g/mol. The van der Waals surface area contributed by atoms with Crippen LogP contribution < -0.4 is 9.46 Å². The van der Waals surface area contributed by atoms with E-state index in [4.69, 9.17) is 4.74 Å². The lowest BCUT2D eigenvalue weighted by Crippen LogP contribution is -2.24. The SMILES string of the molecule is COc1cc(C)c(C)cc1S(=O)(=O)NCc1sc(-c2ccccc2C)nc1C. The molecule has 3 aromatic rings. The van der Waals surface area contributed by atoms with Crippen LogP contribution in [0.15, 0.2) is 41.3 Å². The number of methoxy groups -OCH3 is 1. The lowest BCUT2D eigenvalue weighted by atomic mass is 10.1. The third-order valence-electron chi connectivity index (χ3n) is 4.76. The minimum absolute atomic E-state index is 0.152. The van der Waals surface area contributed by atoms with E-state index in [1.165, 1.54) is 18.4 Å². The first-order chi connectivity index (χ1) is 13.2. The predicted octanol–water partition coefficient (Wildman–Crippen LogP) is 4.53. The molecule has 3 rings (SSSR count). The summed E-state index contributed by atoms with van der Waals surface area (Å²) in [6, 6.07) is 11.4. The van der Waals surface area contributed by atoms with Crippen molar-refractivity contribution in [1.29, 1.82) is 0 Å². The van der Waals surface area contributed by atoms with E-state index in [0.717, 1.165) is 37.8 Å². The van der Waals surface area contributed by atoms with Gasteiger partial charge in [0.25, 0.3) is 0 Å². The lowest BCUT2D eigenvalue weighted by Gasteiger charge is -2.13. The molecule has 0 aliphatic heterocycles. The Bertz CT molecular complexity index is 1120. The third-order valence-corrected chi connectivity index (χ3v) is 7.37. The van der Waals surface area contributed by atoms with Gasteiger partial charge in [0.05, 0.1) is 12.8 Å². The molecule has 0 aliphatic rings. The van der Waals surface area contributed by atoms with Crippen molar-refractivity contribution in [2.75, 3.05) is 7.11 Å². The van der Waals surface area contributed by atoms with E-state index < -0.39 is 10.0 Å². The van der Waals surface area contributed by atoms with Crippen molar-refractivity contribution in [1.82, 2.24) is 9.71 Å². The van der Waals surface area contributed by atoms with Crippen LogP contribution in [0.2, 0.25) is 0 Å². The Balaban J connectivity index is 1.87. The zero-order chi connectivity index (χ0) is 20.5. The molecule has 28 heavy (non-hydrogen) atoms. The monoisotopic (exact) mass is 416 g/mol. The van der Waals surface area contributed by atoms with Crippen molar-refractivity contribution < 1.29 is 13.2 Å². The fraction of sp³-hybridized carbons (Fsp3) is 0.286. The highest BCUT2D eigenvalue weighted by Gasteiger charge is 2.21. The first-order valence-electron chi connectivity index (χ1n) is 8.90. The Morgan fingerprint density at radius 2 is 1.71 bits per heavy atom. The van der Waals surface area contributed by atoms with Gasteiger partial charge in [-0.1, -0.05) is 24.3 Å². The maximum Gasteiger partial charge on any atom is 0.244 e.